The molecule has 2 aromatic rings. The Morgan fingerprint density at radius 2 is 2.09 bits per heavy atom. The predicted molar refractivity (Wildman–Crippen MR) is 98.1 cm³/mol. The molecule has 0 fully saturated rings. The molecule has 4 rings (SSSR count). The highest BCUT2D eigenvalue weighted by Crippen LogP contribution is 2.42. The summed E-state index contributed by atoms with van der Waals surface area (Å²) in [6.45, 7) is 6.83. The highest BCUT2D eigenvalue weighted by atomic mass is 15.1. The van der Waals surface area contributed by atoms with E-state index in [1.54, 1.807) is 16.5 Å². The summed E-state index contributed by atoms with van der Waals surface area (Å²) in [5.41, 5.74) is 6.07. The van der Waals surface area contributed by atoms with E-state index in [0.29, 0.717) is 12.0 Å². The summed E-state index contributed by atoms with van der Waals surface area (Å²) >= 11 is 0. The molecule has 1 aromatic carbocycles. The van der Waals surface area contributed by atoms with Gasteiger partial charge in [-0.05, 0) is 44.0 Å². The number of benzene rings is 1. The summed E-state index contributed by atoms with van der Waals surface area (Å²) in [5, 5.41) is 1.55. The van der Waals surface area contributed by atoms with Gasteiger partial charge in [-0.2, -0.15) is 0 Å². The van der Waals surface area contributed by atoms with E-state index in [0.717, 1.165) is 13.1 Å². The lowest BCUT2D eigenvalue weighted by Crippen LogP contribution is -2.43. The molecule has 2 atom stereocenters. The van der Waals surface area contributed by atoms with Crippen LogP contribution in [0.5, 0.6) is 0 Å². The second-order valence-corrected chi connectivity index (χ2v) is 7.52. The molecule has 0 saturated heterocycles. The van der Waals surface area contributed by atoms with Crippen molar-refractivity contribution >= 4 is 10.9 Å². The number of hydrogen-bond acceptors (Lipinski definition) is 1. The summed E-state index contributed by atoms with van der Waals surface area (Å²) in [6, 6.07) is 7.57. The van der Waals surface area contributed by atoms with Crippen LogP contribution in [-0.2, 0) is 13.0 Å². The monoisotopic (exact) mass is 308 g/mol. The first-order valence-corrected chi connectivity index (χ1v) is 9.17. The second kappa shape index (κ2) is 5.83. The van der Waals surface area contributed by atoms with E-state index in [4.69, 9.17) is 0 Å². The topological polar surface area (TPSA) is 8.17 Å². The van der Waals surface area contributed by atoms with Crippen LogP contribution in [0.4, 0.5) is 0 Å². The van der Waals surface area contributed by atoms with Gasteiger partial charge in [-0.15, -0.1) is 0 Å². The zero-order valence-electron chi connectivity index (χ0n) is 14.7. The molecule has 0 radical (unpaired) electrons. The van der Waals surface area contributed by atoms with Crippen LogP contribution in [0.15, 0.2) is 36.0 Å². The molecule has 0 saturated carbocycles. The lowest BCUT2D eigenvalue weighted by molar-refractivity contribution is 0.224. The number of aromatic nitrogens is 1. The largest absolute Gasteiger partial charge is 0.347 e. The van der Waals surface area contributed by atoms with Crippen molar-refractivity contribution in [2.75, 3.05) is 13.6 Å². The van der Waals surface area contributed by atoms with Crippen molar-refractivity contribution in [1.82, 2.24) is 9.47 Å². The van der Waals surface area contributed by atoms with Crippen molar-refractivity contribution < 1.29 is 0 Å². The molecule has 2 heterocycles. The maximum Gasteiger partial charge on any atom is 0.0486 e. The van der Waals surface area contributed by atoms with Gasteiger partial charge in [0.25, 0.3) is 0 Å². The molecule has 2 aliphatic rings. The molecular weight excluding hydrogens is 280 g/mol. The molecular formula is C21H28N2. The highest BCUT2D eigenvalue weighted by Gasteiger charge is 2.35. The van der Waals surface area contributed by atoms with Crippen molar-refractivity contribution in [2.24, 2.45) is 0 Å². The van der Waals surface area contributed by atoms with Crippen molar-refractivity contribution in [3.8, 4) is 0 Å². The van der Waals surface area contributed by atoms with Gasteiger partial charge in [0.1, 0.15) is 0 Å². The van der Waals surface area contributed by atoms with Gasteiger partial charge in [0.05, 0.1) is 0 Å². The molecule has 0 N–H and O–H groups in total. The first-order valence-electron chi connectivity index (χ1n) is 9.17. The maximum absolute atomic E-state index is 2.55. The molecule has 2 heteroatoms. The Balaban J connectivity index is 1.80. The third-order valence-electron chi connectivity index (χ3n) is 5.75. The second-order valence-electron chi connectivity index (χ2n) is 7.52. The van der Waals surface area contributed by atoms with Crippen molar-refractivity contribution in [3.63, 3.8) is 0 Å². The molecule has 0 spiro atoms. The van der Waals surface area contributed by atoms with E-state index in [2.05, 4.69) is 60.8 Å². The third kappa shape index (κ3) is 2.44. The molecule has 0 amide bonds. The fraction of sp³-hybridized carbons (Fsp3) is 0.524. The van der Waals surface area contributed by atoms with Crippen LogP contribution in [0.25, 0.3) is 10.9 Å². The van der Waals surface area contributed by atoms with Crippen LogP contribution in [0, 0.1) is 0 Å². The van der Waals surface area contributed by atoms with Crippen molar-refractivity contribution in [2.45, 2.75) is 58.0 Å². The van der Waals surface area contributed by atoms with Crippen molar-refractivity contribution in [1.29, 1.82) is 0 Å². The minimum absolute atomic E-state index is 0.566. The Kier molecular flexibility index (Phi) is 3.81. The van der Waals surface area contributed by atoms with Crippen LogP contribution in [0.2, 0.25) is 0 Å². The van der Waals surface area contributed by atoms with Gasteiger partial charge < -0.3 is 4.57 Å². The van der Waals surface area contributed by atoms with Gasteiger partial charge in [-0.1, -0.05) is 43.5 Å². The van der Waals surface area contributed by atoms with E-state index < -0.39 is 0 Å². The number of fused-ring (bicyclic) bond motifs is 2. The van der Waals surface area contributed by atoms with Crippen LogP contribution in [0.3, 0.4) is 0 Å². The fourth-order valence-electron chi connectivity index (χ4n) is 4.68. The van der Waals surface area contributed by atoms with Gasteiger partial charge in [0.2, 0.25) is 0 Å². The zero-order valence-corrected chi connectivity index (χ0v) is 14.7. The Morgan fingerprint density at radius 1 is 1.22 bits per heavy atom. The minimum atomic E-state index is 0.566. The third-order valence-corrected chi connectivity index (χ3v) is 5.75. The average Bonchev–Trinajstić information content (AvgIpc) is 2.88. The Labute approximate surface area is 139 Å². The van der Waals surface area contributed by atoms with Crippen molar-refractivity contribution in [3.05, 3.63) is 47.2 Å². The van der Waals surface area contributed by atoms with Gasteiger partial charge in [-0.3, -0.25) is 4.90 Å². The number of rotatable bonds is 4. The predicted octanol–water partition coefficient (Wildman–Crippen LogP) is 4.73. The number of nitrogens with zero attached hydrogens (tertiary/aromatic N) is 2. The lowest BCUT2D eigenvalue weighted by atomic mass is 9.77. The standard InChI is InChI=1S/C21H28N2/c1-4-5-6-10-23-14-16-12-20-18(11-15(2)13-22(20)3)17-8-7-9-19(23)21(16)17/h7-9,11,14,18,20H,4-6,10,12-13H2,1-3H3. The Morgan fingerprint density at radius 3 is 2.91 bits per heavy atom. The van der Waals surface area contributed by atoms with E-state index >= 15 is 0 Å². The van der Waals surface area contributed by atoms with Crippen LogP contribution < -0.4 is 0 Å². The average molecular weight is 308 g/mol. The molecule has 0 bridgehead atoms. The quantitative estimate of drug-likeness (QED) is 0.585. The first-order chi connectivity index (χ1) is 11.2. The minimum Gasteiger partial charge on any atom is -0.347 e. The highest BCUT2D eigenvalue weighted by molar-refractivity contribution is 5.89. The summed E-state index contributed by atoms with van der Waals surface area (Å²) in [4.78, 5) is 2.55. The van der Waals surface area contributed by atoms with Gasteiger partial charge in [0, 0.05) is 42.1 Å². The van der Waals surface area contributed by atoms with Gasteiger partial charge >= 0.3 is 0 Å². The number of unbranched alkanes of at least 4 members (excludes halogenated alkanes) is 2. The van der Waals surface area contributed by atoms with E-state index in [1.165, 1.54) is 36.8 Å². The smallest absolute Gasteiger partial charge is 0.0486 e. The maximum atomic E-state index is 2.55. The summed E-state index contributed by atoms with van der Waals surface area (Å²) < 4.78 is 2.51. The summed E-state index contributed by atoms with van der Waals surface area (Å²) in [5.74, 6) is 0.566. The Bertz CT molecular complexity index is 753. The summed E-state index contributed by atoms with van der Waals surface area (Å²) in [6.07, 6.45) is 10.1. The normalized spacial score (nSPS) is 23.9. The van der Waals surface area contributed by atoms with E-state index in [9.17, 15) is 0 Å². The van der Waals surface area contributed by atoms with E-state index in [-0.39, 0.29) is 0 Å². The number of aryl methyl sites for hydroxylation is 1. The molecule has 1 aromatic heterocycles. The summed E-state index contributed by atoms with van der Waals surface area (Å²) in [7, 11) is 2.29. The zero-order chi connectivity index (χ0) is 16.0. The molecule has 2 nitrogen and oxygen atoms in total. The fourth-order valence-corrected chi connectivity index (χ4v) is 4.68. The van der Waals surface area contributed by atoms with Crippen LogP contribution in [0.1, 0.15) is 50.2 Å². The number of hydrogen-bond donors (Lipinski definition) is 0. The van der Waals surface area contributed by atoms with Gasteiger partial charge in [0.15, 0.2) is 0 Å². The number of likely N-dealkylation sites (N-methyl/N-ethyl adjacent to an activating group) is 1. The molecule has 1 aliphatic heterocycles. The Hall–Kier alpha value is -1.54. The van der Waals surface area contributed by atoms with Crippen LogP contribution >= 0.6 is 0 Å². The first kappa shape index (κ1) is 15.0. The van der Waals surface area contributed by atoms with E-state index in [1.807, 2.05) is 0 Å². The molecule has 2 unspecified atom stereocenters. The molecule has 23 heavy (non-hydrogen) atoms. The molecule has 1 aliphatic carbocycles. The van der Waals surface area contributed by atoms with Crippen LogP contribution in [-0.4, -0.2) is 29.1 Å². The van der Waals surface area contributed by atoms with Gasteiger partial charge in [-0.25, -0.2) is 0 Å². The molecule has 122 valence electrons. The SMILES string of the molecule is CCCCCn1cc2c3c(cccc31)C1C=C(C)CN(C)C1C2. The lowest BCUT2D eigenvalue weighted by Gasteiger charge is -2.40.